The zero-order chi connectivity index (χ0) is 17.1. The average molecular weight is 352 g/mol. The molecule has 0 bridgehead atoms. The standard InChI is InChI=1S/C17H18ClNO5/c18-13-7-12-10-3-1-4-11(10)17(22)24-14(12)8-15(13)23-9-16(21)19-5-2-6-20/h7-8,20H,1-6,9H2,(H,19,21). The molecule has 1 aliphatic carbocycles. The second-order valence-corrected chi connectivity index (χ2v) is 6.10. The Morgan fingerprint density at radius 3 is 2.92 bits per heavy atom. The molecule has 1 aliphatic rings. The lowest BCUT2D eigenvalue weighted by molar-refractivity contribution is -0.123. The van der Waals surface area contributed by atoms with E-state index in [4.69, 9.17) is 25.9 Å². The number of fused-ring (bicyclic) bond motifs is 3. The highest BCUT2D eigenvalue weighted by Crippen LogP contribution is 2.34. The summed E-state index contributed by atoms with van der Waals surface area (Å²) in [6, 6.07) is 3.28. The first-order chi connectivity index (χ1) is 11.6. The third-order valence-corrected chi connectivity index (χ3v) is 4.34. The number of aliphatic hydroxyl groups is 1. The van der Waals surface area contributed by atoms with Gasteiger partial charge in [-0.25, -0.2) is 4.79 Å². The molecule has 1 aromatic carbocycles. The van der Waals surface area contributed by atoms with E-state index in [2.05, 4.69) is 5.32 Å². The van der Waals surface area contributed by atoms with Gasteiger partial charge < -0.3 is 19.6 Å². The Balaban J connectivity index is 1.80. The fourth-order valence-electron chi connectivity index (χ4n) is 2.89. The zero-order valence-corrected chi connectivity index (χ0v) is 13.8. The lowest BCUT2D eigenvalue weighted by Gasteiger charge is -2.11. The van der Waals surface area contributed by atoms with E-state index in [-0.39, 0.29) is 24.7 Å². The Morgan fingerprint density at radius 2 is 2.12 bits per heavy atom. The van der Waals surface area contributed by atoms with E-state index in [1.165, 1.54) is 0 Å². The van der Waals surface area contributed by atoms with Gasteiger partial charge in [0.25, 0.3) is 5.91 Å². The molecule has 6 nitrogen and oxygen atoms in total. The van der Waals surface area contributed by atoms with E-state index in [1.807, 2.05) is 0 Å². The maximum absolute atomic E-state index is 12.0. The van der Waals surface area contributed by atoms with Crippen molar-refractivity contribution in [2.24, 2.45) is 0 Å². The van der Waals surface area contributed by atoms with Crippen LogP contribution in [0.15, 0.2) is 21.3 Å². The van der Waals surface area contributed by atoms with Gasteiger partial charge in [-0.1, -0.05) is 11.6 Å². The molecule has 0 saturated heterocycles. The molecule has 2 N–H and O–H groups in total. The van der Waals surface area contributed by atoms with Gasteiger partial charge in [0.15, 0.2) is 6.61 Å². The number of ether oxygens (including phenoxy) is 1. The topological polar surface area (TPSA) is 88.8 Å². The maximum atomic E-state index is 12.0. The van der Waals surface area contributed by atoms with E-state index in [1.54, 1.807) is 12.1 Å². The van der Waals surface area contributed by atoms with Crippen LogP contribution in [0.3, 0.4) is 0 Å². The number of amides is 1. The van der Waals surface area contributed by atoms with Gasteiger partial charge in [-0.05, 0) is 37.3 Å². The molecule has 1 aromatic heterocycles. The zero-order valence-electron chi connectivity index (χ0n) is 13.1. The third kappa shape index (κ3) is 3.39. The minimum atomic E-state index is -0.315. The van der Waals surface area contributed by atoms with Crippen LogP contribution in [0, 0.1) is 0 Å². The molecule has 0 aliphatic heterocycles. The largest absolute Gasteiger partial charge is 0.482 e. The predicted molar refractivity (Wildman–Crippen MR) is 89.7 cm³/mol. The predicted octanol–water partition coefficient (Wildman–Crippen LogP) is 1.81. The van der Waals surface area contributed by atoms with Gasteiger partial charge in [0.1, 0.15) is 11.3 Å². The quantitative estimate of drug-likeness (QED) is 0.612. The molecule has 24 heavy (non-hydrogen) atoms. The number of rotatable bonds is 6. The Morgan fingerprint density at radius 1 is 1.33 bits per heavy atom. The molecule has 128 valence electrons. The number of benzene rings is 1. The Hall–Kier alpha value is -2.05. The number of hydrogen-bond acceptors (Lipinski definition) is 5. The fraction of sp³-hybridized carbons (Fsp3) is 0.412. The minimum Gasteiger partial charge on any atom is -0.482 e. The summed E-state index contributed by atoms with van der Waals surface area (Å²) < 4.78 is 10.8. The molecule has 0 atom stereocenters. The van der Waals surface area contributed by atoms with Crippen molar-refractivity contribution in [1.29, 1.82) is 0 Å². The number of aryl methyl sites for hydroxylation is 1. The van der Waals surface area contributed by atoms with Crippen LogP contribution in [-0.2, 0) is 17.6 Å². The van der Waals surface area contributed by atoms with Crippen molar-refractivity contribution in [2.45, 2.75) is 25.7 Å². The van der Waals surface area contributed by atoms with Gasteiger partial charge in [-0.2, -0.15) is 0 Å². The highest BCUT2D eigenvalue weighted by Gasteiger charge is 2.21. The van der Waals surface area contributed by atoms with Gasteiger partial charge in [-0.15, -0.1) is 0 Å². The van der Waals surface area contributed by atoms with Crippen LogP contribution >= 0.6 is 11.6 Å². The normalized spacial score (nSPS) is 13.1. The molecule has 1 heterocycles. The Labute approximate surface area is 143 Å². The number of halogens is 1. The minimum absolute atomic E-state index is 0.0149. The summed E-state index contributed by atoms with van der Waals surface area (Å²) >= 11 is 6.25. The number of nitrogens with one attached hydrogen (secondary N) is 1. The van der Waals surface area contributed by atoms with E-state index < -0.39 is 0 Å². The first kappa shape index (κ1) is 16.8. The number of carbonyl (C=O) groups is 1. The summed E-state index contributed by atoms with van der Waals surface area (Å²) in [7, 11) is 0. The van der Waals surface area contributed by atoms with Crippen LogP contribution in [0.5, 0.6) is 5.75 Å². The van der Waals surface area contributed by atoms with Crippen LogP contribution in [0.2, 0.25) is 5.02 Å². The van der Waals surface area contributed by atoms with Crippen molar-refractivity contribution in [3.63, 3.8) is 0 Å². The van der Waals surface area contributed by atoms with Crippen molar-refractivity contribution in [2.75, 3.05) is 19.8 Å². The summed E-state index contributed by atoms with van der Waals surface area (Å²) in [4.78, 5) is 23.6. The smallest absolute Gasteiger partial charge is 0.339 e. The summed E-state index contributed by atoms with van der Waals surface area (Å²) in [6.45, 7) is 0.192. The second kappa shape index (κ2) is 7.23. The van der Waals surface area contributed by atoms with Gasteiger partial charge in [0.05, 0.1) is 5.02 Å². The maximum Gasteiger partial charge on any atom is 0.339 e. The second-order valence-electron chi connectivity index (χ2n) is 5.69. The molecule has 0 fully saturated rings. The first-order valence-corrected chi connectivity index (χ1v) is 8.26. The molecule has 0 radical (unpaired) electrons. The van der Waals surface area contributed by atoms with Crippen LogP contribution in [0.1, 0.15) is 24.0 Å². The molecule has 7 heteroatoms. The van der Waals surface area contributed by atoms with Gasteiger partial charge in [-0.3, -0.25) is 4.79 Å². The van der Waals surface area contributed by atoms with Crippen molar-refractivity contribution < 1.29 is 19.1 Å². The Bertz CT molecular complexity index is 830. The van der Waals surface area contributed by atoms with Crippen molar-refractivity contribution in [1.82, 2.24) is 5.32 Å². The summed E-state index contributed by atoms with van der Waals surface area (Å²) in [5.41, 5.74) is 1.83. The molecule has 3 rings (SSSR count). The third-order valence-electron chi connectivity index (χ3n) is 4.04. The van der Waals surface area contributed by atoms with Crippen molar-refractivity contribution in [3.8, 4) is 5.75 Å². The van der Waals surface area contributed by atoms with Gasteiger partial charge >= 0.3 is 5.63 Å². The van der Waals surface area contributed by atoms with Crippen LogP contribution in [0.25, 0.3) is 11.0 Å². The van der Waals surface area contributed by atoms with Crippen LogP contribution in [0.4, 0.5) is 0 Å². The molecule has 0 unspecified atom stereocenters. The SMILES string of the molecule is O=C(COc1cc2oc(=O)c3c(c2cc1Cl)CCC3)NCCCO. The van der Waals surface area contributed by atoms with Crippen molar-refractivity contribution in [3.05, 3.63) is 38.7 Å². The fourth-order valence-corrected chi connectivity index (χ4v) is 3.11. The lowest BCUT2D eigenvalue weighted by atomic mass is 10.1. The molecular weight excluding hydrogens is 334 g/mol. The summed E-state index contributed by atoms with van der Waals surface area (Å²) in [5.74, 6) is -0.0161. The molecule has 0 spiro atoms. The molecule has 1 amide bonds. The monoisotopic (exact) mass is 351 g/mol. The summed E-state index contributed by atoms with van der Waals surface area (Å²) in [5, 5.41) is 12.5. The first-order valence-electron chi connectivity index (χ1n) is 7.88. The highest BCUT2D eigenvalue weighted by atomic mass is 35.5. The van der Waals surface area contributed by atoms with E-state index in [9.17, 15) is 9.59 Å². The summed E-state index contributed by atoms with van der Waals surface area (Å²) in [6.07, 6.45) is 2.99. The number of aliphatic hydroxyl groups excluding tert-OH is 1. The van der Waals surface area contributed by atoms with Gasteiger partial charge in [0, 0.05) is 30.2 Å². The lowest BCUT2D eigenvalue weighted by Crippen LogP contribution is -2.30. The van der Waals surface area contributed by atoms with E-state index in [0.717, 1.165) is 35.8 Å². The van der Waals surface area contributed by atoms with E-state index in [0.29, 0.717) is 29.3 Å². The molecule has 0 saturated carbocycles. The van der Waals surface area contributed by atoms with E-state index >= 15 is 0 Å². The Kier molecular flexibility index (Phi) is 5.06. The highest BCUT2D eigenvalue weighted by molar-refractivity contribution is 6.32. The van der Waals surface area contributed by atoms with Crippen molar-refractivity contribution >= 4 is 28.5 Å². The van der Waals surface area contributed by atoms with Crippen LogP contribution < -0.4 is 15.7 Å². The van der Waals surface area contributed by atoms with Gasteiger partial charge in [0.2, 0.25) is 0 Å². The molecule has 2 aromatic rings. The molecular formula is C17H18ClNO5. The van der Waals surface area contributed by atoms with Crippen LogP contribution in [-0.4, -0.2) is 30.8 Å². The average Bonchev–Trinajstić information content (AvgIpc) is 3.05. The number of hydrogen-bond donors (Lipinski definition) is 2. The number of carbonyl (C=O) groups excluding carboxylic acids is 1.